The smallest absolute Gasteiger partial charge is 0.240 e. The average Bonchev–Trinajstić information content (AvgIpc) is 2.66. The van der Waals surface area contributed by atoms with Crippen LogP contribution < -0.4 is 25.2 Å². The fraction of sp³-hybridized carbons (Fsp3) is 0.278. The molecule has 0 aliphatic carbocycles. The van der Waals surface area contributed by atoms with Crippen molar-refractivity contribution < 1.29 is 17.9 Å². The van der Waals surface area contributed by atoms with Crippen LogP contribution in [0.5, 0.6) is 11.5 Å². The SMILES string of the molecule is CCNS(=O)(=O)c1ccc(CN=C(N)Nc2ccc(OC)c(OC)c2)cc1.I. The standard InChI is InChI=1S/C18H24N4O4S.HI/c1-4-21-27(23,24)15-8-5-13(6-9-15)12-20-18(19)22-14-7-10-16(25-2)17(11-14)26-3;/h5-11,21H,4,12H2,1-3H3,(H3,19,20,22);1H. The predicted molar refractivity (Wildman–Crippen MR) is 121 cm³/mol. The molecule has 2 aromatic carbocycles. The average molecular weight is 520 g/mol. The monoisotopic (exact) mass is 520 g/mol. The molecule has 0 fully saturated rings. The van der Waals surface area contributed by atoms with Crippen molar-refractivity contribution in [3.8, 4) is 11.5 Å². The zero-order valence-corrected chi connectivity index (χ0v) is 19.1. The molecule has 154 valence electrons. The number of rotatable bonds is 8. The summed E-state index contributed by atoms with van der Waals surface area (Å²) in [7, 11) is -0.337. The van der Waals surface area contributed by atoms with Gasteiger partial charge in [0, 0.05) is 18.3 Å². The predicted octanol–water partition coefficient (Wildman–Crippen LogP) is 2.55. The highest BCUT2D eigenvalue weighted by Gasteiger charge is 2.11. The lowest BCUT2D eigenvalue weighted by atomic mass is 10.2. The molecule has 0 spiro atoms. The maximum atomic E-state index is 11.9. The van der Waals surface area contributed by atoms with Crippen LogP contribution in [0.15, 0.2) is 52.4 Å². The number of methoxy groups -OCH3 is 2. The van der Waals surface area contributed by atoms with E-state index in [1.807, 2.05) is 0 Å². The normalized spacial score (nSPS) is 11.5. The maximum Gasteiger partial charge on any atom is 0.240 e. The number of guanidine groups is 1. The molecule has 0 atom stereocenters. The van der Waals surface area contributed by atoms with E-state index in [2.05, 4.69) is 15.0 Å². The van der Waals surface area contributed by atoms with Crippen LogP contribution in [-0.4, -0.2) is 35.1 Å². The Balaban J connectivity index is 0.00000392. The number of ether oxygens (including phenoxy) is 2. The number of nitrogens with one attached hydrogen (secondary N) is 2. The van der Waals surface area contributed by atoms with Crippen LogP contribution >= 0.6 is 24.0 Å². The summed E-state index contributed by atoms with van der Waals surface area (Å²) in [6.45, 7) is 2.38. The van der Waals surface area contributed by atoms with Crippen LogP contribution in [0.1, 0.15) is 12.5 Å². The van der Waals surface area contributed by atoms with E-state index in [-0.39, 0.29) is 34.8 Å². The zero-order chi connectivity index (χ0) is 19.9. The van der Waals surface area contributed by atoms with Crippen LogP contribution in [0.3, 0.4) is 0 Å². The van der Waals surface area contributed by atoms with E-state index in [9.17, 15) is 8.42 Å². The van der Waals surface area contributed by atoms with Gasteiger partial charge in [-0.1, -0.05) is 19.1 Å². The topological polar surface area (TPSA) is 115 Å². The van der Waals surface area contributed by atoms with E-state index >= 15 is 0 Å². The highest BCUT2D eigenvalue weighted by molar-refractivity contribution is 14.0. The van der Waals surface area contributed by atoms with Gasteiger partial charge in [0.05, 0.1) is 25.7 Å². The second kappa shape index (κ2) is 11.1. The molecule has 0 radical (unpaired) electrons. The third-order valence-electron chi connectivity index (χ3n) is 3.66. The number of nitrogens with two attached hydrogens (primary N) is 1. The summed E-state index contributed by atoms with van der Waals surface area (Å²) in [5.41, 5.74) is 7.46. The molecular weight excluding hydrogens is 495 g/mol. The lowest BCUT2D eigenvalue weighted by Gasteiger charge is -2.11. The molecule has 0 heterocycles. The van der Waals surface area contributed by atoms with Gasteiger partial charge >= 0.3 is 0 Å². The third kappa shape index (κ3) is 6.53. The lowest BCUT2D eigenvalue weighted by molar-refractivity contribution is 0.355. The Hall–Kier alpha value is -2.05. The van der Waals surface area contributed by atoms with Gasteiger partial charge < -0.3 is 20.5 Å². The Morgan fingerprint density at radius 1 is 1.07 bits per heavy atom. The molecular formula is C18H25IN4O4S. The number of benzene rings is 2. The molecule has 8 nitrogen and oxygen atoms in total. The summed E-state index contributed by atoms with van der Waals surface area (Å²) in [5, 5.41) is 2.98. The fourth-order valence-corrected chi connectivity index (χ4v) is 3.37. The van der Waals surface area contributed by atoms with Crippen molar-refractivity contribution >= 4 is 45.6 Å². The molecule has 0 bridgehead atoms. The summed E-state index contributed by atoms with van der Waals surface area (Å²) in [5.74, 6) is 1.42. The second-order valence-electron chi connectivity index (χ2n) is 5.54. The molecule has 0 aliphatic rings. The van der Waals surface area contributed by atoms with E-state index in [0.717, 1.165) is 5.56 Å². The van der Waals surface area contributed by atoms with E-state index in [1.54, 1.807) is 63.6 Å². The molecule has 0 unspecified atom stereocenters. The Kier molecular flexibility index (Phi) is 9.49. The third-order valence-corrected chi connectivity index (χ3v) is 5.22. The Morgan fingerprint density at radius 3 is 2.29 bits per heavy atom. The van der Waals surface area contributed by atoms with E-state index in [0.29, 0.717) is 30.3 Å². The molecule has 10 heteroatoms. The van der Waals surface area contributed by atoms with Gasteiger partial charge in [-0.2, -0.15) is 0 Å². The first-order valence-corrected chi connectivity index (χ1v) is 9.75. The van der Waals surface area contributed by atoms with Crippen molar-refractivity contribution in [1.29, 1.82) is 0 Å². The molecule has 28 heavy (non-hydrogen) atoms. The van der Waals surface area contributed by atoms with Gasteiger partial charge in [0.2, 0.25) is 10.0 Å². The van der Waals surface area contributed by atoms with E-state index in [4.69, 9.17) is 15.2 Å². The number of aliphatic imine (C=N–C) groups is 1. The van der Waals surface area contributed by atoms with Crippen LogP contribution in [0.4, 0.5) is 5.69 Å². The number of anilines is 1. The van der Waals surface area contributed by atoms with Gasteiger partial charge in [-0.15, -0.1) is 24.0 Å². The van der Waals surface area contributed by atoms with Crippen molar-refractivity contribution in [1.82, 2.24) is 4.72 Å². The molecule has 0 saturated heterocycles. The highest BCUT2D eigenvalue weighted by atomic mass is 127. The van der Waals surface area contributed by atoms with Gasteiger partial charge in [0.25, 0.3) is 0 Å². The number of nitrogens with zero attached hydrogens (tertiary/aromatic N) is 1. The Bertz CT molecular complexity index is 902. The van der Waals surface area contributed by atoms with Gasteiger partial charge in [0.1, 0.15) is 0 Å². The van der Waals surface area contributed by atoms with Crippen LogP contribution in [0.25, 0.3) is 0 Å². The minimum Gasteiger partial charge on any atom is -0.493 e. The maximum absolute atomic E-state index is 11.9. The quantitative estimate of drug-likeness (QED) is 0.280. The number of sulfonamides is 1. The summed E-state index contributed by atoms with van der Waals surface area (Å²) >= 11 is 0. The lowest BCUT2D eigenvalue weighted by Crippen LogP contribution is -2.23. The largest absolute Gasteiger partial charge is 0.493 e. The summed E-state index contributed by atoms with van der Waals surface area (Å²) in [6.07, 6.45) is 0. The van der Waals surface area contributed by atoms with Gasteiger partial charge in [-0.3, -0.25) is 0 Å². The molecule has 0 aromatic heterocycles. The molecule has 0 saturated carbocycles. The number of halogens is 1. The molecule has 2 aromatic rings. The first kappa shape index (κ1) is 24.0. The molecule has 4 N–H and O–H groups in total. The van der Waals surface area contributed by atoms with Gasteiger partial charge in [-0.05, 0) is 29.8 Å². The fourth-order valence-electron chi connectivity index (χ4n) is 2.33. The van der Waals surface area contributed by atoms with Crippen LogP contribution in [-0.2, 0) is 16.6 Å². The summed E-state index contributed by atoms with van der Waals surface area (Å²) < 4.78 is 36.7. The van der Waals surface area contributed by atoms with E-state index < -0.39 is 10.0 Å². The van der Waals surface area contributed by atoms with Crippen LogP contribution in [0.2, 0.25) is 0 Å². The summed E-state index contributed by atoms with van der Waals surface area (Å²) in [6, 6.07) is 11.8. The van der Waals surface area contributed by atoms with Crippen molar-refractivity contribution in [2.24, 2.45) is 10.7 Å². The van der Waals surface area contributed by atoms with Gasteiger partial charge in [0.15, 0.2) is 17.5 Å². The number of hydrogen-bond acceptors (Lipinski definition) is 5. The minimum absolute atomic E-state index is 0. The van der Waals surface area contributed by atoms with Crippen LogP contribution in [0, 0.1) is 0 Å². The molecule has 0 amide bonds. The summed E-state index contributed by atoms with van der Waals surface area (Å²) in [4.78, 5) is 4.48. The molecule has 0 aliphatic heterocycles. The van der Waals surface area contributed by atoms with Crippen molar-refractivity contribution in [3.63, 3.8) is 0 Å². The Morgan fingerprint density at radius 2 is 1.71 bits per heavy atom. The minimum atomic E-state index is -3.46. The van der Waals surface area contributed by atoms with E-state index in [1.165, 1.54) is 0 Å². The van der Waals surface area contributed by atoms with Gasteiger partial charge in [-0.25, -0.2) is 18.1 Å². The molecule has 2 rings (SSSR count). The first-order chi connectivity index (χ1) is 12.9. The van der Waals surface area contributed by atoms with Crippen molar-refractivity contribution in [2.45, 2.75) is 18.4 Å². The first-order valence-electron chi connectivity index (χ1n) is 8.27. The highest BCUT2D eigenvalue weighted by Crippen LogP contribution is 2.29. The number of hydrogen-bond donors (Lipinski definition) is 3. The Labute approximate surface area is 182 Å². The van der Waals surface area contributed by atoms with Crippen molar-refractivity contribution in [2.75, 3.05) is 26.1 Å². The van der Waals surface area contributed by atoms with Crippen molar-refractivity contribution in [3.05, 3.63) is 48.0 Å². The zero-order valence-electron chi connectivity index (χ0n) is 15.9. The second-order valence-corrected chi connectivity index (χ2v) is 7.31.